The van der Waals surface area contributed by atoms with Crippen LogP contribution in [0.2, 0.25) is 0 Å². The Bertz CT molecular complexity index is 709. The first-order valence-electron chi connectivity index (χ1n) is 6.07. The van der Waals surface area contributed by atoms with Gasteiger partial charge in [-0.2, -0.15) is 0 Å². The predicted octanol–water partition coefficient (Wildman–Crippen LogP) is 0.349. The van der Waals surface area contributed by atoms with Gasteiger partial charge in [-0.05, 0) is 6.92 Å². The normalized spacial score (nSPS) is 27.5. The Balaban J connectivity index is 1.99. The summed E-state index contributed by atoms with van der Waals surface area (Å²) in [6.07, 6.45) is 0. The number of thiazole rings is 1. The zero-order chi connectivity index (χ0) is 14.7. The zero-order valence-electron chi connectivity index (χ0n) is 10.9. The van der Waals surface area contributed by atoms with Gasteiger partial charge in [0.2, 0.25) is 0 Å². The minimum atomic E-state index is -3.14. The molecular weight excluding hydrogens is 302 g/mol. The van der Waals surface area contributed by atoms with Crippen LogP contribution < -0.4 is 10.2 Å². The van der Waals surface area contributed by atoms with E-state index in [-0.39, 0.29) is 23.3 Å². The second kappa shape index (κ2) is 4.26. The Morgan fingerprint density at radius 1 is 1.45 bits per heavy atom. The molecular formula is C11H13N3O4S2. The van der Waals surface area contributed by atoms with Crippen molar-refractivity contribution in [3.63, 3.8) is 0 Å². The third kappa shape index (κ3) is 2.01. The van der Waals surface area contributed by atoms with E-state index >= 15 is 0 Å². The van der Waals surface area contributed by atoms with E-state index in [1.54, 1.807) is 6.92 Å². The molecule has 0 saturated carbocycles. The molecule has 0 radical (unpaired) electrons. The minimum absolute atomic E-state index is 0.0379. The van der Waals surface area contributed by atoms with Crippen LogP contribution in [0.5, 0.6) is 0 Å². The number of sulfone groups is 1. The number of aryl methyl sites for hydroxylation is 1. The lowest BCUT2D eigenvalue weighted by molar-refractivity contribution is 0.102. The first kappa shape index (κ1) is 13.5. The molecule has 108 valence electrons. The summed E-state index contributed by atoms with van der Waals surface area (Å²) < 4.78 is 23.3. The molecule has 2 atom stereocenters. The summed E-state index contributed by atoms with van der Waals surface area (Å²) in [7, 11) is -3.14. The van der Waals surface area contributed by atoms with Crippen molar-refractivity contribution >= 4 is 38.1 Å². The third-order valence-electron chi connectivity index (χ3n) is 3.49. The summed E-state index contributed by atoms with van der Waals surface area (Å²) in [6.45, 7) is 3.14. The van der Waals surface area contributed by atoms with Crippen LogP contribution in [0.1, 0.15) is 22.3 Å². The van der Waals surface area contributed by atoms with Crippen molar-refractivity contribution in [1.29, 1.82) is 0 Å². The van der Waals surface area contributed by atoms with Gasteiger partial charge in [0, 0.05) is 6.92 Å². The van der Waals surface area contributed by atoms with Gasteiger partial charge in [0.25, 0.3) is 0 Å². The summed E-state index contributed by atoms with van der Waals surface area (Å²) in [6, 6.07) is -1.17. The summed E-state index contributed by atoms with van der Waals surface area (Å²) in [5.41, 5.74) is 0.564. The number of hydrogen-bond donors (Lipinski definition) is 1. The second-order valence-electron chi connectivity index (χ2n) is 5.04. The SMILES string of the molecule is CC(=O)c1sc(N2C(=O)N[C@H]3CS(=O)(=O)C[C@@H]32)nc1C. The van der Waals surface area contributed by atoms with E-state index in [2.05, 4.69) is 10.3 Å². The molecule has 2 aliphatic heterocycles. The predicted molar refractivity (Wildman–Crippen MR) is 74.1 cm³/mol. The van der Waals surface area contributed by atoms with E-state index in [4.69, 9.17) is 0 Å². The number of anilines is 1. The summed E-state index contributed by atoms with van der Waals surface area (Å²) in [5, 5.41) is 3.05. The van der Waals surface area contributed by atoms with Gasteiger partial charge < -0.3 is 5.32 Å². The number of aromatic nitrogens is 1. The van der Waals surface area contributed by atoms with Crippen molar-refractivity contribution in [3.05, 3.63) is 10.6 Å². The standard InChI is InChI=1S/C11H13N3O4S2/c1-5-9(6(2)15)19-11(12-5)14-8-4-20(17,18)3-7(8)13-10(14)16/h7-8H,3-4H2,1-2H3,(H,13,16)/t7-,8-/m0/s1. The molecule has 0 bridgehead atoms. The molecule has 2 saturated heterocycles. The van der Waals surface area contributed by atoms with Crippen molar-refractivity contribution in [2.75, 3.05) is 16.4 Å². The Kier molecular flexibility index (Phi) is 2.87. The number of ketones is 1. The van der Waals surface area contributed by atoms with Gasteiger partial charge in [-0.3, -0.25) is 9.69 Å². The Morgan fingerprint density at radius 3 is 2.75 bits per heavy atom. The molecule has 3 heterocycles. The molecule has 9 heteroatoms. The highest BCUT2D eigenvalue weighted by molar-refractivity contribution is 7.91. The van der Waals surface area contributed by atoms with Gasteiger partial charge in [-0.25, -0.2) is 18.2 Å². The molecule has 2 fully saturated rings. The number of amides is 2. The molecule has 0 spiro atoms. The summed E-state index contributed by atoms with van der Waals surface area (Å²) in [4.78, 5) is 29.6. The number of carbonyl (C=O) groups excluding carboxylic acids is 2. The van der Waals surface area contributed by atoms with Crippen molar-refractivity contribution in [3.8, 4) is 0 Å². The van der Waals surface area contributed by atoms with Crippen LogP contribution in [0, 0.1) is 6.92 Å². The molecule has 20 heavy (non-hydrogen) atoms. The van der Waals surface area contributed by atoms with Crippen molar-refractivity contribution in [2.45, 2.75) is 25.9 Å². The smallest absolute Gasteiger partial charge is 0.324 e. The molecule has 1 aromatic rings. The fraction of sp³-hybridized carbons (Fsp3) is 0.545. The van der Waals surface area contributed by atoms with Gasteiger partial charge in [0.1, 0.15) is 0 Å². The topological polar surface area (TPSA) is 96.4 Å². The monoisotopic (exact) mass is 315 g/mol. The molecule has 0 aromatic carbocycles. The molecule has 2 amide bonds. The maximum atomic E-state index is 12.0. The molecule has 0 aliphatic carbocycles. The van der Waals surface area contributed by atoms with E-state index in [9.17, 15) is 18.0 Å². The van der Waals surface area contributed by atoms with Gasteiger partial charge in [0.05, 0.1) is 34.2 Å². The highest BCUT2D eigenvalue weighted by atomic mass is 32.2. The van der Waals surface area contributed by atoms with Crippen LogP contribution in [0.25, 0.3) is 0 Å². The highest BCUT2D eigenvalue weighted by Gasteiger charge is 2.50. The largest absolute Gasteiger partial charge is 0.332 e. The number of urea groups is 1. The van der Waals surface area contributed by atoms with Crippen LogP contribution in [-0.2, 0) is 9.84 Å². The Labute approximate surface area is 119 Å². The zero-order valence-corrected chi connectivity index (χ0v) is 12.5. The number of rotatable bonds is 2. The van der Waals surface area contributed by atoms with Gasteiger partial charge in [-0.1, -0.05) is 11.3 Å². The minimum Gasteiger partial charge on any atom is -0.332 e. The van der Waals surface area contributed by atoms with Gasteiger partial charge >= 0.3 is 6.03 Å². The number of Topliss-reactive ketones (excluding diaryl/α,β-unsaturated/α-hetero) is 1. The molecule has 1 N–H and O–H groups in total. The van der Waals surface area contributed by atoms with E-state index < -0.39 is 21.9 Å². The molecule has 3 rings (SSSR count). The van der Waals surface area contributed by atoms with Gasteiger partial charge in [-0.15, -0.1) is 0 Å². The van der Waals surface area contributed by atoms with Crippen LogP contribution in [-0.4, -0.2) is 48.8 Å². The van der Waals surface area contributed by atoms with Crippen LogP contribution in [0.4, 0.5) is 9.93 Å². The lowest BCUT2D eigenvalue weighted by Crippen LogP contribution is -2.36. The number of nitrogens with zero attached hydrogens (tertiary/aromatic N) is 2. The quantitative estimate of drug-likeness (QED) is 0.627. The molecule has 1 aromatic heterocycles. The Morgan fingerprint density at radius 2 is 2.15 bits per heavy atom. The second-order valence-corrected chi connectivity index (χ2v) is 8.17. The average molecular weight is 315 g/mol. The molecule has 2 aliphatic rings. The lowest BCUT2D eigenvalue weighted by Gasteiger charge is -2.17. The van der Waals surface area contributed by atoms with Gasteiger partial charge in [0.15, 0.2) is 20.8 Å². The molecule has 0 unspecified atom stereocenters. The first-order valence-corrected chi connectivity index (χ1v) is 8.71. The number of fused-ring (bicyclic) bond motifs is 1. The maximum absolute atomic E-state index is 12.0. The first-order chi connectivity index (χ1) is 9.28. The number of hydrogen-bond acceptors (Lipinski definition) is 6. The van der Waals surface area contributed by atoms with Crippen LogP contribution >= 0.6 is 11.3 Å². The maximum Gasteiger partial charge on any atom is 0.324 e. The number of nitrogens with one attached hydrogen (secondary N) is 1. The van der Waals surface area contributed by atoms with Crippen molar-refractivity contribution < 1.29 is 18.0 Å². The van der Waals surface area contributed by atoms with E-state index in [0.29, 0.717) is 15.7 Å². The Hall–Kier alpha value is -1.48. The fourth-order valence-corrected chi connectivity index (χ4v) is 5.55. The third-order valence-corrected chi connectivity index (χ3v) is 6.47. The number of carbonyl (C=O) groups is 2. The summed E-state index contributed by atoms with van der Waals surface area (Å²) >= 11 is 1.13. The highest BCUT2D eigenvalue weighted by Crippen LogP contribution is 2.33. The average Bonchev–Trinajstić information content (AvgIpc) is 2.88. The van der Waals surface area contributed by atoms with Crippen molar-refractivity contribution in [1.82, 2.24) is 10.3 Å². The summed E-state index contributed by atoms with van der Waals surface area (Å²) in [5.74, 6) is -0.213. The van der Waals surface area contributed by atoms with E-state index in [0.717, 1.165) is 11.3 Å². The van der Waals surface area contributed by atoms with E-state index in [1.807, 2.05) is 0 Å². The fourth-order valence-electron chi connectivity index (χ4n) is 2.64. The van der Waals surface area contributed by atoms with Crippen LogP contribution in [0.3, 0.4) is 0 Å². The molecule has 7 nitrogen and oxygen atoms in total. The van der Waals surface area contributed by atoms with Crippen molar-refractivity contribution in [2.24, 2.45) is 0 Å². The van der Waals surface area contributed by atoms with E-state index in [1.165, 1.54) is 11.8 Å². The lowest BCUT2D eigenvalue weighted by atomic mass is 10.2. The van der Waals surface area contributed by atoms with Crippen LogP contribution in [0.15, 0.2) is 0 Å².